The second-order valence-corrected chi connectivity index (χ2v) is 10.8. The maximum absolute atomic E-state index is 15.1. The van der Waals surface area contributed by atoms with Gasteiger partial charge in [0.25, 0.3) is 5.56 Å². The molecule has 2 aliphatic heterocycles. The number of carbonyl (C=O) groups excluding carboxylic acids is 2. The van der Waals surface area contributed by atoms with Gasteiger partial charge in [0.1, 0.15) is 12.4 Å². The lowest BCUT2D eigenvalue weighted by Crippen LogP contribution is -2.44. The molecule has 2 aromatic heterocycles. The van der Waals surface area contributed by atoms with Crippen molar-refractivity contribution in [1.82, 2.24) is 14.9 Å². The van der Waals surface area contributed by atoms with Gasteiger partial charge >= 0.3 is 5.97 Å². The summed E-state index contributed by atoms with van der Waals surface area (Å²) in [7, 11) is 0. The Hall–Kier alpha value is -3.63. The van der Waals surface area contributed by atoms with Gasteiger partial charge in [-0.15, -0.1) is 0 Å². The number of benzene rings is 1. The number of aromatic nitrogens is 2. The van der Waals surface area contributed by atoms with Crippen LogP contribution in [0.3, 0.4) is 0 Å². The van der Waals surface area contributed by atoms with Crippen LogP contribution in [0.5, 0.6) is 0 Å². The van der Waals surface area contributed by atoms with E-state index in [1.165, 1.54) is 13.0 Å². The summed E-state index contributed by atoms with van der Waals surface area (Å²) in [5, 5.41) is 24.8. The topological polar surface area (TPSA) is 131 Å². The summed E-state index contributed by atoms with van der Waals surface area (Å²) in [6.45, 7) is 4.68. The van der Waals surface area contributed by atoms with Crippen molar-refractivity contribution in [2.45, 2.75) is 77.2 Å². The second kappa shape index (κ2) is 8.96. The molecule has 3 atom stereocenters. The summed E-state index contributed by atoms with van der Waals surface area (Å²) in [5.41, 5.74) is 2.58. The summed E-state index contributed by atoms with van der Waals surface area (Å²) in [6, 6.07) is 2.67. The molecule has 3 N–H and O–H groups in total. The first-order chi connectivity index (χ1) is 18.6. The van der Waals surface area contributed by atoms with E-state index in [2.05, 4.69) is 5.32 Å². The highest BCUT2D eigenvalue weighted by Gasteiger charge is 2.46. The number of carbonyl (C=O) groups is 2. The van der Waals surface area contributed by atoms with Gasteiger partial charge in [-0.1, -0.05) is 6.92 Å². The number of hydrogen-bond donors (Lipinski definition) is 3. The zero-order valence-corrected chi connectivity index (χ0v) is 22.1. The van der Waals surface area contributed by atoms with Crippen molar-refractivity contribution in [1.29, 1.82) is 0 Å². The number of hydrogen-bond acceptors (Lipinski definition) is 7. The van der Waals surface area contributed by atoms with Gasteiger partial charge in [-0.25, -0.2) is 14.2 Å². The Morgan fingerprint density at radius 3 is 2.77 bits per heavy atom. The summed E-state index contributed by atoms with van der Waals surface area (Å²) >= 11 is 0. The van der Waals surface area contributed by atoms with Crippen LogP contribution in [0, 0.1) is 12.7 Å². The molecule has 1 amide bonds. The van der Waals surface area contributed by atoms with Crippen LogP contribution in [0.1, 0.15) is 72.4 Å². The number of nitrogens with one attached hydrogen (secondary N) is 1. The lowest BCUT2D eigenvalue weighted by Gasteiger charge is -2.34. The smallest absolute Gasteiger partial charge is 0.343 e. The van der Waals surface area contributed by atoms with Crippen molar-refractivity contribution in [2.75, 3.05) is 6.61 Å². The van der Waals surface area contributed by atoms with Gasteiger partial charge in [0.15, 0.2) is 5.60 Å². The monoisotopic (exact) mass is 535 g/mol. The summed E-state index contributed by atoms with van der Waals surface area (Å²) in [6.07, 6.45) is 1.57. The fourth-order valence-electron chi connectivity index (χ4n) is 6.77. The molecule has 1 aliphatic carbocycles. The van der Waals surface area contributed by atoms with Crippen molar-refractivity contribution in [3.8, 4) is 11.4 Å². The Morgan fingerprint density at radius 1 is 1.31 bits per heavy atom. The number of amides is 1. The predicted molar refractivity (Wildman–Crippen MR) is 140 cm³/mol. The molecule has 6 rings (SSSR count). The lowest BCUT2D eigenvalue weighted by atomic mass is 9.74. The molecule has 10 heteroatoms. The van der Waals surface area contributed by atoms with Gasteiger partial charge in [0.2, 0.25) is 5.91 Å². The Morgan fingerprint density at radius 2 is 2.08 bits per heavy atom. The SMILES string of the molecule is CC[C@@]1(O)C(=O)OCc2c1cc1n(c2=O)Cc2c-1nc1cc(F)c(C)c3c1c2[C@@H]([C@@H](CCO)NC(C)=O)CC3. The van der Waals surface area contributed by atoms with E-state index in [9.17, 15) is 24.6 Å². The van der Waals surface area contributed by atoms with Crippen molar-refractivity contribution in [2.24, 2.45) is 0 Å². The van der Waals surface area contributed by atoms with E-state index in [1.807, 2.05) is 0 Å². The fraction of sp³-hybridized carbons (Fsp3) is 0.448. The molecule has 0 saturated carbocycles. The molecular formula is C29H30FN3O6. The van der Waals surface area contributed by atoms with Crippen LogP contribution in [0.4, 0.5) is 4.39 Å². The van der Waals surface area contributed by atoms with Crippen LogP contribution in [0.2, 0.25) is 0 Å². The van der Waals surface area contributed by atoms with E-state index >= 15 is 4.39 Å². The molecule has 0 radical (unpaired) electrons. The normalized spacial score (nSPS) is 21.7. The quantitative estimate of drug-likeness (QED) is 0.335. The van der Waals surface area contributed by atoms with Crippen LogP contribution in [0.25, 0.3) is 22.3 Å². The zero-order valence-electron chi connectivity index (χ0n) is 22.1. The van der Waals surface area contributed by atoms with Gasteiger partial charge < -0.3 is 24.8 Å². The molecule has 0 bridgehead atoms. The number of nitrogens with zero attached hydrogens (tertiary/aromatic N) is 2. The van der Waals surface area contributed by atoms with Crippen molar-refractivity contribution in [3.63, 3.8) is 0 Å². The van der Waals surface area contributed by atoms with Gasteiger partial charge in [0.05, 0.1) is 29.0 Å². The molecule has 3 aliphatic rings. The third-order valence-corrected chi connectivity index (χ3v) is 8.74. The van der Waals surface area contributed by atoms with E-state index < -0.39 is 11.6 Å². The molecule has 204 valence electrons. The number of halogens is 1. The molecule has 1 aromatic carbocycles. The average Bonchev–Trinajstić information content (AvgIpc) is 3.28. The van der Waals surface area contributed by atoms with E-state index in [-0.39, 0.29) is 66.5 Å². The largest absolute Gasteiger partial charge is 0.458 e. The number of fused-ring (bicyclic) bond motifs is 5. The number of aliphatic hydroxyl groups is 2. The molecule has 39 heavy (non-hydrogen) atoms. The van der Waals surface area contributed by atoms with Crippen LogP contribution >= 0.6 is 0 Å². The Bertz CT molecular complexity index is 1650. The number of pyridine rings is 2. The van der Waals surface area contributed by atoms with Gasteiger partial charge in [0, 0.05) is 48.1 Å². The van der Waals surface area contributed by atoms with Crippen LogP contribution in [0.15, 0.2) is 16.9 Å². The molecule has 0 spiro atoms. The van der Waals surface area contributed by atoms with Crippen LogP contribution in [-0.2, 0) is 39.5 Å². The number of aryl methyl sites for hydroxylation is 1. The van der Waals surface area contributed by atoms with Crippen molar-refractivity contribution < 1.29 is 28.9 Å². The zero-order chi connectivity index (χ0) is 27.8. The molecule has 4 heterocycles. The van der Waals surface area contributed by atoms with Crippen LogP contribution in [-0.4, -0.2) is 44.3 Å². The predicted octanol–water partition coefficient (Wildman–Crippen LogP) is 2.44. The standard InChI is InChI=1S/C29H30FN3O6/c1-4-29(38)19-9-23-26-17(11-33(23)27(36)18(19)12-39-28(29)37)24-16(21(7-8-34)31-14(3)35)6-5-15-13(2)20(30)10-22(32-26)25(15)24/h9-10,16,21,34,38H,4-8,11-12H2,1-3H3,(H,31,35)/t16-,21-,29+/m1/s1. The maximum atomic E-state index is 15.1. The van der Waals surface area contributed by atoms with Gasteiger partial charge in [-0.3, -0.25) is 9.59 Å². The average molecular weight is 536 g/mol. The number of ether oxygens (including phenoxy) is 1. The van der Waals surface area contributed by atoms with Crippen LogP contribution < -0.4 is 10.9 Å². The number of esters is 1. The molecule has 9 nitrogen and oxygen atoms in total. The molecule has 0 fully saturated rings. The van der Waals surface area contributed by atoms with E-state index in [4.69, 9.17) is 9.72 Å². The van der Waals surface area contributed by atoms with E-state index in [1.54, 1.807) is 24.5 Å². The minimum absolute atomic E-state index is 0.0282. The summed E-state index contributed by atoms with van der Waals surface area (Å²) in [4.78, 5) is 43.2. The van der Waals surface area contributed by atoms with E-state index in [0.717, 1.165) is 22.1 Å². The number of aliphatic hydroxyl groups excluding tert-OH is 1. The Balaban J connectivity index is 1.66. The van der Waals surface area contributed by atoms with E-state index in [0.29, 0.717) is 41.7 Å². The Kier molecular flexibility index (Phi) is 5.89. The molecular weight excluding hydrogens is 505 g/mol. The minimum atomic E-state index is -1.95. The third kappa shape index (κ3) is 3.57. The fourth-order valence-corrected chi connectivity index (χ4v) is 6.77. The Labute approximate surface area is 223 Å². The minimum Gasteiger partial charge on any atom is -0.458 e. The highest BCUT2D eigenvalue weighted by atomic mass is 19.1. The highest BCUT2D eigenvalue weighted by Crippen LogP contribution is 2.47. The third-order valence-electron chi connectivity index (χ3n) is 8.74. The van der Waals surface area contributed by atoms with Crippen molar-refractivity contribution in [3.05, 3.63) is 61.7 Å². The lowest BCUT2D eigenvalue weighted by molar-refractivity contribution is -0.172. The van der Waals surface area contributed by atoms with Gasteiger partial charge in [-0.2, -0.15) is 0 Å². The molecule has 0 unspecified atom stereocenters. The molecule has 0 saturated heterocycles. The highest BCUT2D eigenvalue weighted by molar-refractivity contribution is 5.93. The summed E-state index contributed by atoms with van der Waals surface area (Å²) in [5.74, 6) is -1.58. The number of rotatable bonds is 5. The summed E-state index contributed by atoms with van der Waals surface area (Å²) < 4.78 is 21.8. The second-order valence-electron chi connectivity index (χ2n) is 10.8. The van der Waals surface area contributed by atoms with Gasteiger partial charge in [-0.05, 0) is 55.4 Å². The van der Waals surface area contributed by atoms with Crippen molar-refractivity contribution >= 4 is 22.8 Å². The first kappa shape index (κ1) is 25.6. The first-order valence-corrected chi connectivity index (χ1v) is 13.3. The molecule has 3 aromatic rings. The maximum Gasteiger partial charge on any atom is 0.343 e. The first-order valence-electron chi connectivity index (χ1n) is 13.3. The number of cyclic esters (lactones) is 1.